The molecule has 1 aliphatic rings. The van der Waals surface area contributed by atoms with Gasteiger partial charge in [0.2, 0.25) is 0 Å². The van der Waals surface area contributed by atoms with Crippen molar-refractivity contribution in [3.8, 4) is 0 Å². The summed E-state index contributed by atoms with van der Waals surface area (Å²) >= 11 is 0. The molecule has 0 aliphatic carbocycles. The van der Waals surface area contributed by atoms with Crippen LogP contribution < -0.4 is 0 Å². The number of piperazine rings is 1. The number of unbranched alkanes of at least 4 members (excludes halogenated alkanes) is 35. The van der Waals surface area contributed by atoms with E-state index in [4.69, 9.17) is 4.74 Å². The Balaban J connectivity index is 2.45. The predicted molar refractivity (Wildman–Crippen MR) is 393 cm³/mol. The first-order valence-electron chi connectivity index (χ1n) is 38.9. The van der Waals surface area contributed by atoms with E-state index in [2.05, 4.69) is 78.5 Å². The molecule has 1 fully saturated rings. The number of rotatable bonds is 70. The molecule has 0 radical (unpaired) electrons. The molecule has 1 saturated heterocycles. The van der Waals surface area contributed by atoms with Gasteiger partial charge < -0.3 is 25.2 Å². The van der Waals surface area contributed by atoms with Crippen molar-refractivity contribution in [3.63, 3.8) is 0 Å². The van der Waals surface area contributed by atoms with Gasteiger partial charge in [-0.05, 0) is 110 Å². The van der Waals surface area contributed by atoms with Crippen molar-refractivity contribution >= 4 is 27.6 Å². The van der Waals surface area contributed by atoms with Gasteiger partial charge in [0.25, 0.3) is 0 Å². The molecule has 5 atom stereocenters. The van der Waals surface area contributed by atoms with Crippen LogP contribution in [0.5, 0.6) is 0 Å². The van der Waals surface area contributed by atoms with Gasteiger partial charge in [0.05, 0.1) is 24.4 Å². The van der Waals surface area contributed by atoms with E-state index in [-0.39, 0.29) is 24.2 Å². The fourth-order valence-corrected chi connectivity index (χ4v) is 14.8. The molecule has 4 N–H and O–H groups in total. The van der Waals surface area contributed by atoms with Crippen LogP contribution in [0.15, 0.2) is 24.3 Å². The molecule has 1 aliphatic heterocycles. The van der Waals surface area contributed by atoms with Gasteiger partial charge in [0.15, 0.2) is 0 Å². The molecule has 0 aromatic heterocycles. The Morgan fingerprint density at radius 1 is 0.404 bits per heavy atom. The van der Waals surface area contributed by atoms with Crippen molar-refractivity contribution in [1.29, 1.82) is 0 Å². The van der Waals surface area contributed by atoms with Crippen LogP contribution in [-0.2, 0) is 9.53 Å². The number of nitrogens with zero attached hydrogens (tertiary/aromatic N) is 4. The zero-order chi connectivity index (χ0) is 64.6. The van der Waals surface area contributed by atoms with E-state index in [0.29, 0.717) is 45.6 Å². The van der Waals surface area contributed by atoms with Gasteiger partial charge in [-0.3, -0.25) is 24.4 Å². The van der Waals surface area contributed by atoms with Crippen LogP contribution in [0.4, 0.5) is 0 Å². The lowest BCUT2D eigenvalue weighted by Crippen LogP contribution is -2.47. The highest BCUT2D eigenvalue weighted by atomic mass is 33.1. The molecular formula is C77H152N4O6S2. The second-order valence-corrected chi connectivity index (χ2v) is 30.2. The maximum atomic E-state index is 13.1. The summed E-state index contributed by atoms with van der Waals surface area (Å²) in [4.78, 5) is 22.7. The molecule has 0 saturated carbocycles. The minimum atomic E-state index is -0.443. The number of hydrogen-bond acceptors (Lipinski definition) is 12. The summed E-state index contributed by atoms with van der Waals surface area (Å²) in [5, 5.41) is 44.7. The van der Waals surface area contributed by atoms with Gasteiger partial charge in [-0.1, -0.05) is 279 Å². The molecule has 0 aromatic rings. The molecule has 1 heterocycles. The lowest BCUT2D eigenvalue weighted by atomic mass is 10.0. The molecule has 5 unspecified atom stereocenters. The van der Waals surface area contributed by atoms with Crippen LogP contribution >= 0.6 is 21.6 Å². The number of allylic oxidation sites excluding steroid dienone is 4. The summed E-state index contributed by atoms with van der Waals surface area (Å²) in [7, 11) is 3.99. The molecule has 528 valence electrons. The Labute approximate surface area is 561 Å². The minimum Gasteiger partial charge on any atom is -0.464 e. The fourth-order valence-electron chi connectivity index (χ4n) is 12.7. The Morgan fingerprint density at radius 2 is 0.730 bits per heavy atom. The molecule has 1 rings (SSSR count). The first kappa shape index (κ1) is 86.3. The van der Waals surface area contributed by atoms with Crippen LogP contribution in [0.3, 0.4) is 0 Å². The SMILES string of the molecule is CCCCCCCC/C=C\CCCCCCC(O)CN(CC(O)CCCCCC/C=C\CCCCCCCC)C(C)CCC(=O)OCCN1CCN(CCSSCCCCN(CC(O)CCCCCCCCCC)CC(O)CCCCCCCCCC)CC1. The van der Waals surface area contributed by atoms with Gasteiger partial charge >= 0.3 is 5.97 Å². The van der Waals surface area contributed by atoms with E-state index in [1.165, 1.54) is 205 Å². The van der Waals surface area contributed by atoms with Crippen LogP contribution in [0.25, 0.3) is 0 Å². The lowest BCUT2D eigenvalue weighted by molar-refractivity contribution is -0.144. The number of esters is 1. The van der Waals surface area contributed by atoms with Gasteiger partial charge in [-0.15, -0.1) is 0 Å². The fraction of sp³-hybridized carbons (Fsp3) is 0.935. The third kappa shape index (κ3) is 59.6. The van der Waals surface area contributed by atoms with Gasteiger partial charge in [0, 0.05) is 89.4 Å². The Bertz CT molecular complexity index is 1430. The third-order valence-corrected chi connectivity index (χ3v) is 21.2. The average Bonchev–Trinajstić information content (AvgIpc) is 3.74. The second-order valence-electron chi connectivity index (χ2n) is 27.5. The normalized spacial score (nSPS) is 15.4. The molecule has 0 spiro atoms. The molecule has 12 heteroatoms. The Morgan fingerprint density at radius 3 is 1.11 bits per heavy atom. The van der Waals surface area contributed by atoms with Crippen molar-refractivity contribution in [2.75, 3.05) is 90.1 Å². The molecule has 10 nitrogen and oxygen atoms in total. The maximum absolute atomic E-state index is 13.1. The summed E-state index contributed by atoms with van der Waals surface area (Å²) < 4.78 is 5.81. The summed E-state index contributed by atoms with van der Waals surface area (Å²) in [5.74, 6) is 2.10. The van der Waals surface area contributed by atoms with E-state index in [9.17, 15) is 25.2 Å². The van der Waals surface area contributed by atoms with E-state index in [1.807, 2.05) is 21.6 Å². The monoisotopic (exact) mass is 1290 g/mol. The Hall–Kier alpha value is -0.670. The number of carbonyl (C=O) groups is 1. The van der Waals surface area contributed by atoms with Crippen molar-refractivity contribution in [2.45, 2.75) is 373 Å². The quantitative estimate of drug-likeness (QED) is 0.0201. The van der Waals surface area contributed by atoms with Gasteiger partial charge in [-0.2, -0.15) is 0 Å². The summed E-state index contributed by atoms with van der Waals surface area (Å²) in [6.45, 7) is 21.0. The molecule has 0 aromatic carbocycles. The number of hydrogen-bond donors (Lipinski definition) is 4. The largest absolute Gasteiger partial charge is 0.464 e. The molecule has 0 amide bonds. The van der Waals surface area contributed by atoms with E-state index in [0.717, 1.165) is 147 Å². The minimum absolute atomic E-state index is 0.0539. The zero-order valence-electron chi connectivity index (χ0n) is 59.7. The summed E-state index contributed by atoms with van der Waals surface area (Å²) in [6.07, 6.45) is 65.2. The topological polar surface area (TPSA) is 120 Å². The van der Waals surface area contributed by atoms with Crippen molar-refractivity contribution in [1.82, 2.24) is 19.6 Å². The number of ether oxygens (including phenoxy) is 1. The number of aliphatic hydroxyl groups excluding tert-OH is 4. The van der Waals surface area contributed by atoms with Crippen LogP contribution in [-0.4, -0.2) is 167 Å². The van der Waals surface area contributed by atoms with Crippen LogP contribution in [0.2, 0.25) is 0 Å². The first-order valence-corrected chi connectivity index (χ1v) is 41.4. The van der Waals surface area contributed by atoms with Crippen LogP contribution in [0, 0.1) is 0 Å². The Kier molecular flexibility index (Phi) is 65.3. The summed E-state index contributed by atoms with van der Waals surface area (Å²) in [5.41, 5.74) is 0. The first-order chi connectivity index (χ1) is 43.6. The van der Waals surface area contributed by atoms with E-state index < -0.39 is 12.2 Å². The highest BCUT2D eigenvalue weighted by Crippen LogP contribution is 2.24. The lowest BCUT2D eigenvalue weighted by Gasteiger charge is -2.34. The van der Waals surface area contributed by atoms with Crippen LogP contribution in [0.1, 0.15) is 343 Å². The maximum Gasteiger partial charge on any atom is 0.305 e. The highest BCUT2D eigenvalue weighted by molar-refractivity contribution is 8.76. The van der Waals surface area contributed by atoms with E-state index in [1.54, 1.807) is 0 Å². The molecule has 89 heavy (non-hydrogen) atoms. The van der Waals surface area contributed by atoms with Crippen molar-refractivity contribution in [2.24, 2.45) is 0 Å². The second kappa shape index (κ2) is 67.3. The van der Waals surface area contributed by atoms with E-state index >= 15 is 0 Å². The van der Waals surface area contributed by atoms with Crippen molar-refractivity contribution < 1.29 is 30.0 Å². The number of aliphatic hydroxyl groups is 4. The standard InChI is InChI=1S/C77H152N4O6S2/c1-6-10-14-18-22-26-28-30-32-34-36-40-44-48-54-75(84)70-81(71-76(85)55-49-45-41-37-35-33-31-29-27-23-19-15-11-7-2)72(5)56-57-77(86)87-65-63-78-59-61-79(62-60-78)64-67-89-88-66-51-50-58-80(68-73(82)52-46-42-38-24-20-16-12-8-3)69-74(83)53-47-43-39-25-21-17-13-9-4/h30-33,72-76,82-85H,6-29,34-71H2,1-5H3/b32-30-,33-31-. The third-order valence-electron chi connectivity index (χ3n) is 18.8. The average molecular weight is 1290 g/mol. The number of carbonyl (C=O) groups excluding carboxylic acids is 1. The zero-order valence-corrected chi connectivity index (χ0v) is 61.4. The highest BCUT2D eigenvalue weighted by Gasteiger charge is 2.23. The summed E-state index contributed by atoms with van der Waals surface area (Å²) in [6, 6.07) is 0.0539. The smallest absolute Gasteiger partial charge is 0.305 e. The molecular weight excluding hydrogens is 1140 g/mol. The van der Waals surface area contributed by atoms with Gasteiger partial charge in [0.1, 0.15) is 6.61 Å². The van der Waals surface area contributed by atoms with Gasteiger partial charge in [-0.25, -0.2) is 0 Å². The van der Waals surface area contributed by atoms with Crippen molar-refractivity contribution in [3.05, 3.63) is 24.3 Å². The molecule has 0 bridgehead atoms. The predicted octanol–water partition coefficient (Wildman–Crippen LogP) is 19.9.